The van der Waals surface area contributed by atoms with Gasteiger partial charge in [-0.15, -0.1) is 0 Å². The summed E-state index contributed by atoms with van der Waals surface area (Å²) >= 11 is 2.10. The van der Waals surface area contributed by atoms with Crippen LogP contribution in [0.25, 0.3) is 6.08 Å². The molecule has 0 aliphatic heterocycles. The summed E-state index contributed by atoms with van der Waals surface area (Å²) < 4.78 is 0.921. The molecule has 16 heavy (non-hydrogen) atoms. The molecule has 0 spiro atoms. The summed E-state index contributed by atoms with van der Waals surface area (Å²) in [5.74, 6) is -1.56. The minimum absolute atomic E-state index is 0.128. The van der Waals surface area contributed by atoms with Crippen molar-refractivity contribution in [3.05, 3.63) is 39.1 Å². The molecular formula is C11H10INO3. The average Bonchev–Trinajstić information content (AvgIpc) is 2.19. The van der Waals surface area contributed by atoms with Gasteiger partial charge in [-0.25, -0.2) is 4.79 Å². The molecular weight excluding hydrogens is 321 g/mol. The zero-order chi connectivity index (χ0) is 12.1. The first-order valence-electron chi connectivity index (χ1n) is 4.48. The Morgan fingerprint density at radius 2 is 2.00 bits per heavy atom. The van der Waals surface area contributed by atoms with E-state index in [1.165, 1.54) is 13.0 Å². The van der Waals surface area contributed by atoms with Crippen molar-refractivity contribution in [2.45, 2.75) is 6.92 Å². The quantitative estimate of drug-likeness (QED) is 0.656. The van der Waals surface area contributed by atoms with Gasteiger partial charge in [0.15, 0.2) is 0 Å². The SMILES string of the molecule is CC(=O)N/C(=C/c1ccccc1I)C(=O)O. The first-order chi connectivity index (χ1) is 7.50. The summed E-state index contributed by atoms with van der Waals surface area (Å²) in [4.78, 5) is 21.7. The van der Waals surface area contributed by atoms with Crippen LogP contribution in [0.15, 0.2) is 30.0 Å². The lowest BCUT2D eigenvalue weighted by Crippen LogP contribution is -2.24. The number of aliphatic carboxylic acids is 1. The highest BCUT2D eigenvalue weighted by Crippen LogP contribution is 2.14. The van der Waals surface area contributed by atoms with E-state index in [1.54, 1.807) is 12.1 Å². The van der Waals surface area contributed by atoms with E-state index >= 15 is 0 Å². The molecule has 0 aliphatic carbocycles. The smallest absolute Gasteiger partial charge is 0.352 e. The monoisotopic (exact) mass is 331 g/mol. The molecule has 84 valence electrons. The van der Waals surface area contributed by atoms with Crippen molar-refractivity contribution in [3.63, 3.8) is 0 Å². The summed E-state index contributed by atoms with van der Waals surface area (Å²) in [6.07, 6.45) is 1.44. The third-order valence-corrected chi connectivity index (χ3v) is 2.73. The number of halogens is 1. The van der Waals surface area contributed by atoms with Gasteiger partial charge in [-0.1, -0.05) is 18.2 Å². The van der Waals surface area contributed by atoms with Crippen LogP contribution in [0, 0.1) is 3.57 Å². The maximum atomic E-state index is 10.9. The number of hydrogen-bond acceptors (Lipinski definition) is 2. The largest absolute Gasteiger partial charge is 0.477 e. The van der Waals surface area contributed by atoms with Crippen LogP contribution in [-0.2, 0) is 9.59 Å². The van der Waals surface area contributed by atoms with Crippen LogP contribution in [-0.4, -0.2) is 17.0 Å². The van der Waals surface area contributed by atoms with Gasteiger partial charge in [0, 0.05) is 10.5 Å². The topological polar surface area (TPSA) is 66.4 Å². The van der Waals surface area contributed by atoms with Crippen molar-refractivity contribution < 1.29 is 14.7 Å². The highest BCUT2D eigenvalue weighted by Gasteiger charge is 2.09. The van der Waals surface area contributed by atoms with E-state index in [1.807, 2.05) is 12.1 Å². The van der Waals surface area contributed by atoms with Gasteiger partial charge in [-0.05, 0) is 40.3 Å². The molecule has 0 saturated carbocycles. The molecule has 0 fully saturated rings. The number of carbonyl (C=O) groups is 2. The first-order valence-corrected chi connectivity index (χ1v) is 5.55. The number of hydrogen-bond donors (Lipinski definition) is 2. The Kier molecular flexibility index (Phi) is 4.48. The van der Waals surface area contributed by atoms with Crippen molar-refractivity contribution >= 4 is 40.5 Å². The zero-order valence-corrected chi connectivity index (χ0v) is 10.7. The minimum Gasteiger partial charge on any atom is -0.477 e. The average molecular weight is 331 g/mol. The van der Waals surface area contributed by atoms with Crippen molar-refractivity contribution in [1.82, 2.24) is 5.32 Å². The fourth-order valence-corrected chi connectivity index (χ4v) is 1.63. The first kappa shape index (κ1) is 12.7. The van der Waals surface area contributed by atoms with Crippen LogP contribution in [0.5, 0.6) is 0 Å². The predicted octanol–water partition coefficient (Wildman–Crippen LogP) is 1.85. The highest BCUT2D eigenvalue weighted by molar-refractivity contribution is 14.1. The maximum Gasteiger partial charge on any atom is 0.352 e. The summed E-state index contributed by atoms with van der Waals surface area (Å²) in [5, 5.41) is 11.2. The van der Waals surface area contributed by atoms with E-state index < -0.39 is 11.9 Å². The second-order valence-corrected chi connectivity index (χ2v) is 4.23. The fourth-order valence-electron chi connectivity index (χ4n) is 1.09. The number of carboxylic acid groups (broad SMARTS) is 1. The summed E-state index contributed by atoms with van der Waals surface area (Å²) in [5.41, 5.74) is 0.630. The second kappa shape index (κ2) is 5.64. The molecule has 1 aromatic carbocycles. The van der Waals surface area contributed by atoms with Crippen LogP contribution in [0.4, 0.5) is 0 Å². The lowest BCUT2D eigenvalue weighted by atomic mass is 10.2. The van der Waals surface area contributed by atoms with E-state index in [0.29, 0.717) is 0 Å². The molecule has 0 aromatic heterocycles. The van der Waals surface area contributed by atoms with Crippen molar-refractivity contribution in [2.75, 3.05) is 0 Å². The highest BCUT2D eigenvalue weighted by atomic mass is 127. The molecule has 5 heteroatoms. The molecule has 1 rings (SSSR count). The Hall–Kier alpha value is -1.37. The molecule has 0 saturated heterocycles. The van der Waals surface area contributed by atoms with Crippen LogP contribution in [0.1, 0.15) is 12.5 Å². The van der Waals surface area contributed by atoms with Crippen LogP contribution in [0.2, 0.25) is 0 Å². The minimum atomic E-state index is -1.16. The van der Waals surface area contributed by atoms with Gasteiger partial charge in [-0.2, -0.15) is 0 Å². The van der Waals surface area contributed by atoms with Gasteiger partial charge in [-0.3, -0.25) is 4.79 Å². The molecule has 1 aromatic rings. The van der Waals surface area contributed by atoms with Gasteiger partial charge in [0.2, 0.25) is 5.91 Å². The Morgan fingerprint density at radius 3 is 2.50 bits per heavy atom. The molecule has 0 bridgehead atoms. The standard InChI is InChI=1S/C11H10INO3/c1-7(14)13-10(11(15)16)6-8-4-2-3-5-9(8)12/h2-6H,1H3,(H,13,14)(H,15,16)/b10-6+. The molecule has 0 aliphatic rings. The molecule has 1 amide bonds. The summed E-state index contributed by atoms with van der Waals surface area (Å²) in [7, 11) is 0. The lowest BCUT2D eigenvalue weighted by Gasteiger charge is -2.04. The van der Waals surface area contributed by atoms with Gasteiger partial charge in [0.1, 0.15) is 5.70 Å². The van der Waals surface area contributed by atoms with Gasteiger partial charge in [0.05, 0.1) is 0 Å². The molecule has 0 heterocycles. The van der Waals surface area contributed by atoms with E-state index in [4.69, 9.17) is 5.11 Å². The number of amides is 1. The Morgan fingerprint density at radius 1 is 1.38 bits per heavy atom. The molecule has 2 N–H and O–H groups in total. The molecule has 4 nitrogen and oxygen atoms in total. The zero-order valence-electron chi connectivity index (χ0n) is 8.53. The van der Waals surface area contributed by atoms with Crippen LogP contribution in [0.3, 0.4) is 0 Å². The Labute approximate surface area is 106 Å². The summed E-state index contributed by atoms with van der Waals surface area (Å²) in [6, 6.07) is 7.31. The van der Waals surface area contributed by atoms with Gasteiger partial charge in [0.25, 0.3) is 0 Å². The lowest BCUT2D eigenvalue weighted by molar-refractivity contribution is -0.134. The van der Waals surface area contributed by atoms with Crippen molar-refractivity contribution in [3.8, 4) is 0 Å². The number of carbonyl (C=O) groups excluding carboxylic acids is 1. The van der Waals surface area contributed by atoms with Gasteiger partial charge >= 0.3 is 5.97 Å². The van der Waals surface area contributed by atoms with E-state index in [-0.39, 0.29) is 5.70 Å². The molecule has 0 radical (unpaired) electrons. The van der Waals surface area contributed by atoms with Crippen LogP contribution >= 0.6 is 22.6 Å². The fraction of sp³-hybridized carbons (Fsp3) is 0.0909. The Bertz CT molecular complexity index is 454. The number of benzene rings is 1. The Balaban J connectivity index is 3.07. The van der Waals surface area contributed by atoms with E-state index in [0.717, 1.165) is 9.13 Å². The molecule has 0 unspecified atom stereocenters. The van der Waals surface area contributed by atoms with E-state index in [2.05, 4.69) is 27.9 Å². The maximum absolute atomic E-state index is 10.9. The summed E-state index contributed by atoms with van der Waals surface area (Å²) in [6.45, 7) is 1.27. The number of carboxylic acids is 1. The number of rotatable bonds is 3. The van der Waals surface area contributed by atoms with E-state index in [9.17, 15) is 9.59 Å². The normalized spacial score (nSPS) is 11.0. The second-order valence-electron chi connectivity index (χ2n) is 3.07. The number of nitrogens with one attached hydrogen (secondary N) is 1. The van der Waals surface area contributed by atoms with Crippen molar-refractivity contribution in [1.29, 1.82) is 0 Å². The third kappa shape index (κ3) is 3.65. The van der Waals surface area contributed by atoms with Crippen molar-refractivity contribution in [2.24, 2.45) is 0 Å². The van der Waals surface area contributed by atoms with Crippen LogP contribution < -0.4 is 5.32 Å². The molecule has 0 atom stereocenters. The third-order valence-electron chi connectivity index (χ3n) is 1.75. The van der Waals surface area contributed by atoms with Gasteiger partial charge < -0.3 is 10.4 Å². The predicted molar refractivity (Wildman–Crippen MR) is 68.6 cm³/mol.